The molecule has 0 aliphatic heterocycles. The van der Waals surface area contributed by atoms with E-state index in [1.165, 1.54) is 30.4 Å². The molecule has 28 heavy (non-hydrogen) atoms. The van der Waals surface area contributed by atoms with Gasteiger partial charge in [-0.1, -0.05) is 46.3 Å². The topological polar surface area (TPSA) is 34.9 Å². The van der Waals surface area contributed by atoms with Gasteiger partial charge < -0.3 is 0 Å². The quantitative estimate of drug-likeness (QED) is 0.394. The molecule has 2 heterocycles. The molecule has 0 atom stereocenters. The van der Waals surface area contributed by atoms with E-state index in [0.29, 0.717) is 6.54 Å². The fourth-order valence-electron chi connectivity index (χ4n) is 4.03. The van der Waals surface area contributed by atoms with Gasteiger partial charge in [0, 0.05) is 15.4 Å². The molecule has 0 amide bonds. The Bertz CT molecular complexity index is 1240. The van der Waals surface area contributed by atoms with Crippen molar-refractivity contribution in [2.75, 3.05) is 0 Å². The monoisotopic (exact) mass is 450 g/mol. The first-order chi connectivity index (χ1) is 13.7. The molecule has 0 fully saturated rings. The summed E-state index contributed by atoms with van der Waals surface area (Å²) in [5, 5.41) is 2.81. The van der Waals surface area contributed by atoms with E-state index in [-0.39, 0.29) is 5.56 Å². The number of aryl methyl sites for hydroxylation is 2. The lowest BCUT2D eigenvalue weighted by Crippen LogP contribution is -2.21. The van der Waals surface area contributed by atoms with Crippen LogP contribution in [0.3, 0.4) is 0 Å². The number of halogens is 1. The first-order valence-corrected chi connectivity index (χ1v) is 11.2. The second-order valence-corrected chi connectivity index (χ2v) is 9.10. The van der Waals surface area contributed by atoms with Gasteiger partial charge in [-0.05, 0) is 60.1 Å². The second kappa shape index (κ2) is 7.30. The smallest absolute Gasteiger partial charge is 0.263 e. The van der Waals surface area contributed by atoms with Gasteiger partial charge in [0.2, 0.25) is 0 Å². The highest BCUT2D eigenvalue weighted by molar-refractivity contribution is 9.10. The maximum atomic E-state index is 13.3. The molecule has 0 radical (unpaired) electrons. The fraction of sp³-hybridized carbons (Fsp3) is 0.217. The Morgan fingerprint density at radius 3 is 2.79 bits per heavy atom. The highest BCUT2D eigenvalue weighted by Gasteiger charge is 2.16. The van der Waals surface area contributed by atoms with Crippen LogP contribution in [0.15, 0.2) is 63.4 Å². The fourth-order valence-corrected chi connectivity index (χ4v) is 5.38. The minimum atomic E-state index is 0.0268. The van der Waals surface area contributed by atoms with Crippen molar-refractivity contribution in [2.45, 2.75) is 32.2 Å². The Kier molecular flexibility index (Phi) is 4.65. The molecule has 0 spiro atoms. The lowest BCUT2D eigenvalue weighted by atomic mass is 9.89. The third-order valence-corrected chi connectivity index (χ3v) is 6.84. The molecule has 4 aromatic rings. The van der Waals surface area contributed by atoms with Crippen LogP contribution < -0.4 is 5.56 Å². The van der Waals surface area contributed by atoms with E-state index in [1.807, 2.05) is 24.3 Å². The Labute approximate surface area is 175 Å². The van der Waals surface area contributed by atoms with Crippen LogP contribution in [-0.4, -0.2) is 9.55 Å². The molecule has 0 saturated carbocycles. The molecule has 0 unspecified atom stereocenters. The van der Waals surface area contributed by atoms with E-state index in [4.69, 9.17) is 0 Å². The standard InChI is InChI=1S/C23H19BrN2OS/c24-19-7-3-4-15(10-19)12-26-14-25-22-21(23(26)27)20(13-28-22)18-9-8-16-5-1-2-6-17(16)11-18/h3-4,7-11,13-14H,1-2,5-6,12H2. The molecule has 1 aliphatic rings. The molecular formula is C23H19BrN2OS. The molecule has 3 nitrogen and oxygen atoms in total. The number of thiophene rings is 1. The number of benzene rings is 2. The van der Waals surface area contributed by atoms with E-state index >= 15 is 0 Å². The van der Waals surface area contributed by atoms with Crippen LogP contribution in [-0.2, 0) is 19.4 Å². The minimum Gasteiger partial charge on any atom is -0.294 e. The van der Waals surface area contributed by atoms with Gasteiger partial charge in [-0.15, -0.1) is 11.3 Å². The zero-order valence-corrected chi connectivity index (χ0v) is 17.7. The van der Waals surface area contributed by atoms with Gasteiger partial charge in [-0.3, -0.25) is 9.36 Å². The Morgan fingerprint density at radius 2 is 1.93 bits per heavy atom. The molecule has 0 N–H and O–H groups in total. The van der Waals surface area contributed by atoms with Crippen molar-refractivity contribution in [3.05, 3.63) is 85.7 Å². The average molecular weight is 451 g/mol. The SMILES string of the molecule is O=c1c2c(-c3ccc4c(c3)CCCC4)csc2ncn1Cc1cccc(Br)c1. The molecular weight excluding hydrogens is 432 g/mol. The lowest BCUT2D eigenvalue weighted by molar-refractivity contribution is 0.686. The molecule has 2 aromatic carbocycles. The second-order valence-electron chi connectivity index (χ2n) is 7.33. The predicted octanol–water partition coefficient (Wildman–Crippen LogP) is 5.81. The number of hydrogen-bond donors (Lipinski definition) is 0. The number of hydrogen-bond acceptors (Lipinski definition) is 3. The zero-order chi connectivity index (χ0) is 19.1. The van der Waals surface area contributed by atoms with Crippen molar-refractivity contribution in [1.82, 2.24) is 9.55 Å². The maximum Gasteiger partial charge on any atom is 0.263 e. The summed E-state index contributed by atoms with van der Waals surface area (Å²) in [5.74, 6) is 0. The summed E-state index contributed by atoms with van der Waals surface area (Å²) in [6, 6.07) is 14.7. The van der Waals surface area contributed by atoms with Crippen LogP contribution >= 0.6 is 27.3 Å². The number of rotatable bonds is 3. The first kappa shape index (κ1) is 17.8. The van der Waals surface area contributed by atoms with Crippen molar-refractivity contribution < 1.29 is 0 Å². The Balaban J connectivity index is 1.60. The van der Waals surface area contributed by atoms with E-state index in [1.54, 1.807) is 22.2 Å². The van der Waals surface area contributed by atoms with Gasteiger partial charge in [0.15, 0.2) is 0 Å². The van der Waals surface area contributed by atoms with Crippen molar-refractivity contribution >= 4 is 37.5 Å². The largest absolute Gasteiger partial charge is 0.294 e. The lowest BCUT2D eigenvalue weighted by Gasteiger charge is -2.16. The van der Waals surface area contributed by atoms with Crippen molar-refractivity contribution in [2.24, 2.45) is 0 Å². The van der Waals surface area contributed by atoms with E-state index in [0.717, 1.165) is 37.8 Å². The van der Waals surface area contributed by atoms with Gasteiger partial charge in [0.1, 0.15) is 4.83 Å². The summed E-state index contributed by atoms with van der Waals surface area (Å²) < 4.78 is 2.72. The van der Waals surface area contributed by atoms with Crippen LogP contribution in [0.2, 0.25) is 0 Å². The Hall–Kier alpha value is -2.24. The molecule has 2 aromatic heterocycles. The van der Waals surface area contributed by atoms with Gasteiger partial charge in [-0.2, -0.15) is 0 Å². The van der Waals surface area contributed by atoms with E-state index in [2.05, 4.69) is 44.5 Å². The number of aromatic nitrogens is 2. The summed E-state index contributed by atoms with van der Waals surface area (Å²) in [7, 11) is 0. The summed E-state index contributed by atoms with van der Waals surface area (Å²) in [6.07, 6.45) is 6.50. The van der Waals surface area contributed by atoms with Crippen molar-refractivity contribution in [1.29, 1.82) is 0 Å². The van der Waals surface area contributed by atoms with Crippen molar-refractivity contribution in [3.63, 3.8) is 0 Å². The molecule has 0 saturated heterocycles. The summed E-state index contributed by atoms with van der Waals surface area (Å²) in [4.78, 5) is 18.7. The van der Waals surface area contributed by atoms with E-state index in [9.17, 15) is 4.79 Å². The van der Waals surface area contributed by atoms with Gasteiger partial charge in [-0.25, -0.2) is 4.98 Å². The van der Waals surface area contributed by atoms with E-state index < -0.39 is 0 Å². The summed E-state index contributed by atoms with van der Waals surface area (Å²) in [5.41, 5.74) is 6.13. The number of fused-ring (bicyclic) bond motifs is 2. The van der Waals surface area contributed by atoms with Crippen LogP contribution in [0.1, 0.15) is 29.5 Å². The summed E-state index contributed by atoms with van der Waals surface area (Å²) in [6.45, 7) is 0.515. The maximum absolute atomic E-state index is 13.3. The average Bonchev–Trinajstić information content (AvgIpc) is 3.15. The normalized spacial score (nSPS) is 13.6. The summed E-state index contributed by atoms with van der Waals surface area (Å²) >= 11 is 5.04. The highest BCUT2D eigenvalue weighted by Crippen LogP contribution is 2.33. The molecule has 140 valence electrons. The molecule has 1 aliphatic carbocycles. The zero-order valence-electron chi connectivity index (χ0n) is 15.3. The van der Waals surface area contributed by atoms with Crippen LogP contribution in [0, 0.1) is 0 Å². The van der Waals surface area contributed by atoms with Gasteiger partial charge in [0.05, 0.1) is 18.3 Å². The number of nitrogens with zero attached hydrogens (tertiary/aromatic N) is 2. The third kappa shape index (κ3) is 3.23. The van der Waals surface area contributed by atoms with Crippen LogP contribution in [0.5, 0.6) is 0 Å². The Morgan fingerprint density at radius 1 is 1.07 bits per heavy atom. The molecule has 0 bridgehead atoms. The van der Waals surface area contributed by atoms with Gasteiger partial charge in [0.25, 0.3) is 5.56 Å². The van der Waals surface area contributed by atoms with Crippen LogP contribution in [0.4, 0.5) is 0 Å². The third-order valence-electron chi connectivity index (χ3n) is 5.46. The molecule has 5 heteroatoms. The predicted molar refractivity (Wildman–Crippen MR) is 119 cm³/mol. The highest BCUT2D eigenvalue weighted by atomic mass is 79.9. The van der Waals surface area contributed by atoms with Crippen LogP contribution in [0.25, 0.3) is 21.3 Å². The molecule has 5 rings (SSSR count). The minimum absolute atomic E-state index is 0.0268. The van der Waals surface area contributed by atoms with Crippen molar-refractivity contribution in [3.8, 4) is 11.1 Å². The first-order valence-electron chi connectivity index (χ1n) is 9.52. The van der Waals surface area contributed by atoms with Gasteiger partial charge >= 0.3 is 0 Å².